The van der Waals surface area contributed by atoms with E-state index in [1.807, 2.05) is 6.07 Å². The lowest BCUT2D eigenvalue weighted by molar-refractivity contribution is 0.398. The van der Waals surface area contributed by atoms with Gasteiger partial charge in [-0.3, -0.25) is 4.52 Å². The van der Waals surface area contributed by atoms with Gasteiger partial charge < -0.3 is 4.74 Å². The van der Waals surface area contributed by atoms with Crippen molar-refractivity contribution in [3.05, 3.63) is 23.8 Å². The van der Waals surface area contributed by atoms with Gasteiger partial charge in [0.1, 0.15) is 0 Å². The highest BCUT2D eigenvalue weighted by molar-refractivity contribution is 8.04. The molecule has 3 nitrogen and oxygen atoms in total. The van der Waals surface area contributed by atoms with Gasteiger partial charge in [0.2, 0.25) is 17.6 Å². The molecule has 0 saturated carbocycles. The number of nitrogens with zero attached hydrogens (tertiary/aromatic N) is 1. The molecule has 0 aliphatic rings. The largest absolute Gasteiger partial charge is 0.493 e. The van der Waals surface area contributed by atoms with E-state index in [0.717, 1.165) is 0 Å². The smallest absolute Gasteiger partial charge is 0.423 e. The number of rotatable bonds is 4. The normalized spacial score (nSPS) is 10.8. The summed E-state index contributed by atoms with van der Waals surface area (Å²) in [6, 6.07) is 6.77. The van der Waals surface area contributed by atoms with Crippen molar-refractivity contribution in [2.45, 2.75) is 4.58 Å². The van der Waals surface area contributed by atoms with Gasteiger partial charge in [0, 0.05) is 6.07 Å². The third-order valence-electron chi connectivity index (χ3n) is 1.64. The molecule has 0 radical (unpaired) electrons. The Morgan fingerprint density at radius 3 is 2.62 bits per heavy atom. The SMILES string of the molecule is COc1cc(C#N)ccc1O[P+](=S)C(Cl)Cl. The molecule has 0 bridgehead atoms. The number of methoxy groups -OCH3 is 1. The summed E-state index contributed by atoms with van der Waals surface area (Å²) in [4.78, 5) is 0. The molecule has 0 spiro atoms. The molecule has 0 aliphatic carbocycles. The van der Waals surface area contributed by atoms with Crippen LogP contribution in [0.25, 0.3) is 0 Å². The van der Waals surface area contributed by atoms with E-state index in [1.54, 1.807) is 18.2 Å². The Morgan fingerprint density at radius 2 is 2.12 bits per heavy atom. The molecule has 0 saturated heterocycles. The second-order valence-electron chi connectivity index (χ2n) is 2.63. The minimum Gasteiger partial charge on any atom is -0.493 e. The Bertz CT molecular complexity index is 448. The standard InChI is InChI=1S/C9H7Cl2NO2PS/c1-13-8-4-6(5-12)2-3-7(8)14-15(16)9(10)11/h2-4,9H,1H3/q+1. The predicted octanol–water partition coefficient (Wildman–Crippen LogP) is 3.57. The van der Waals surface area contributed by atoms with Crippen LogP contribution >= 0.6 is 30.1 Å². The molecule has 0 heterocycles. The maximum absolute atomic E-state index is 8.71. The van der Waals surface area contributed by atoms with Crippen LogP contribution in [0, 0.1) is 11.3 Å². The van der Waals surface area contributed by atoms with Gasteiger partial charge in [0.25, 0.3) is 0 Å². The molecule has 7 heteroatoms. The van der Waals surface area contributed by atoms with E-state index in [0.29, 0.717) is 17.1 Å². The first kappa shape index (κ1) is 13.5. The number of hydrogen-bond acceptors (Lipinski definition) is 4. The summed E-state index contributed by atoms with van der Waals surface area (Å²) in [6.45, 7) is -1.40. The van der Waals surface area contributed by atoms with Gasteiger partial charge in [0.15, 0.2) is 5.75 Å². The van der Waals surface area contributed by atoms with Crippen LogP contribution in [0.2, 0.25) is 0 Å². The molecular formula is C9H7Cl2NO2PS+. The van der Waals surface area contributed by atoms with Gasteiger partial charge in [-0.15, -0.1) is 0 Å². The van der Waals surface area contributed by atoms with E-state index in [-0.39, 0.29) is 0 Å². The molecule has 1 unspecified atom stereocenters. The molecule has 1 atom stereocenters. The van der Waals surface area contributed by atoms with Crippen LogP contribution < -0.4 is 9.26 Å². The third kappa shape index (κ3) is 3.47. The van der Waals surface area contributed by atoms with Crippen molar-refractivity contribution in [3.8, 4) is 17.6 Å². The highest BCUT2D eigenvalue weighted by Gasteiger charge is 2.25. The van der Waals surface area contributed by atoms with Gasteiger partial charge in [-0.2, -0.15) is 5.26 Å². The quantitative estimate of drug-likeness (QED) is 0.629. The molecule has 16 heavy (non-hydrogen) atoms. The van der Waals surface area contributed by atoms with Crippen LogP contribution in [0.1, 0.15) is 5.56 Å². The van der Waals surface area contributed by atoms with Crippen LogP contribution in [-0.4, -0.2) is 11.7 Å². The van der Waals surface area contributed by atoms with Crippen molar-refractivity contribution in [3.63, 3.8) is 0 Å². The number of benzene rings is 1. The van der Waals surface area contributed by atoms with Crippen molar-refractivity contribution < 1.29 is 9.26 Å². The van der Waals surface area contributed by atoms with Crippen LogP contribution in [0.3, 0.4) is 0 Å². The van der Waals surface area contributed by atoms with E-state index >= 15 is 0 Å². The van der Waals surface area contributed by atoms with Gasteiger partial charge >= 0.3 is 11.5 Å². The molecule has 1 aromatic carbocycles. The Morgan fingerprint density at radius 1 is 1.44 bits per heavy atom. The number of ether oxygens (including phenoxy) is 1. The van der Waals surface area contributed by atoms with Crippen molar-refractivity contribution in [2.24, 2.45) is 0 Å². The van der Waals surface area contributed by atoms with Gasteiger partial charge in [0.05, 0.1) is 18.7 Å². The van der Waals surface area contributed by atoms with Gasteiger partial charge in [-0.1, -0.05) is 0 Å². The number of nitriles is 1. The van der Waals surface area contributed by atoms with Gasteiger partial charge in [-0.25, -0.2) is 0 Å². The Balaban J connectivity index is 2.97. The fourth-order valence-corrected chi connectivity index (χ4v) is 1.85. The van der Waals surface area contributed by atoms with E-state index in [9.17, 15) is 0 Å². The van der Waals surface area contributed by atoms with Crippen LogP contribution in [0.15, 0.2) is 18.2 Å². The first-order valence-electron chi connectivity index (χ1n) is 4.09. The Labute approximate surface area is 109 Å². The molecular weight excluding hydrogens is 288 g/mol. The minimum absolute atomic E-state index is 0.436. The maximum atomic E-state index is 8.71. The average molecular weight is 295 g/mol. The zero-order valence-electron chi connectivity index (χ0n) is 8.18. The Kier molecular flexibility index (Phi) is 5.24. The first-order valence-corrected chi connectivity index (χ1v) is 7.30. The third-order valence-corrected chi connectivity index (χ3v) is 4.95. The summed E-state index contributed by atoms with van der Waals surface area (Å²) < 4.78 is 9.70. The molecule has 0 aliphatic heterocycles. The van der Waals surface area contributed by atoms with Crippen molar-refractivity contribution in [1.82, 2.24) is 0 Å². The van der Waals surface area contributed by atoms with Crippen molar-refractivity contribution in [1.29, 1.82) is 5.26 Å². The van der Waals surface area contributed by atoms with Crippen LogP contribution in [0.5, 0.6) is 11.5 Å². The highest BCUT2D eigenvalue weighted by atomic mass is 35.5. The molecule has 0 N–H and O–H groups in total. The molecule has 84 valence electrons. The fourth-order valence-electron chi connectivity index (χ4n) is 0.949. The predicted molar refractivity (Wildman–Crippen MR) is 68.1 cm³/mol. The summed E-state index contributed by atoms with van der Waals surface area (Å²) in [5.74, 6) is 0.874. The molecule has 0 aromatic heterocycles. The monoisotopic (exact) mass is 294 g/mol. The fraction of sp³-hybridized carbons (Fsp3) is 0.222. The van der Waals surface area contributed by atoms with Gasteiger partial charge in [-0.05, 0) is 35.3 Å². The molecule has 0 fully saturated rings. The summed E-state index contributed by atoms with van der Waals surface area (Å²) in [7, 11) is 1.48. The lowest BCUT2D eigenvalue weighted by atomic mass is 10.2. The first-order chi connectivity index (χ1) is 7.58. The van der Waals surface area contributed by atoms with E-state index in [4.69, 9.17) is 49.5 Å². The van der Waals surface area contributed by atoms with Crippen LogP contribution in [-0.2, 0) is 11.8 Å². The van der Waals surface area contributed by atoms with E-state index in [1.165, 1.54) is 7.11 Å². The summed E-state index contributed by atoms with van der Waals surface area (Å²) in [5, 5.41) is 8.71. The highest BCUT2D eigenvalue weighted by Crippen LogP contribution is 2.40. The zero-order chi connectivity index (χ0) is 12.1. The number of alkyl halides is 2. The second-order valence-corrected chi connectivity index (χ2v) is 6.69. The second kappa shape index (κ2) is 6.22. The number of halogens is 2. The lowest BCUT2D eigenvalue weighted by Gasteiger charge is -2.04. The summed E-state index contributed by atoms with van der Waals surface area (Å²) in [6.07, 6.45) is 0. The minimum atomic E-state index is -1.40. The lowest BCUT2D eigenvalue weighted by Crippen LogP contribution is -1.92. The van der Waals surface area contributed by atoms with E-state index < -0.39 is 11.5 Å². The summed E-state index contributed by atoms with van der Waals surface area (Å²) in [5.41, 5.74) is 0.478. The van der Waals surface area contributed by atoms with E-state index in [2.05, 4.69) is 0 Å². The average Bonchev–Trinajstić information content (AvgIpc) is 2.29. The zero-order valence-corrected chi connectivity index (χ0v) is 11.4. The van der Waals surface area contributed by atoms with Crippen LogP contribution in [0.4, 0.5) is 0 Å². The molecule has 1 aromatic rings. The molecule has 0 amide bonds. The topological polar surface area (TPSA) is 42.2 Å². The Hall–Kier alpha value is -0.590. The summed E-state index contributed by atoms with van der Waals surface area (Å²) >= 11 is 16.2. The number of hydrogen-bond donors (Lipinski definition) is 0. The van der Waals surface area contributed by atoms with Crippen molar-refractivity contribution >= 4 is 41.9 Å². The van der Waals surface area contributed by atoms with Crippen molar-refractivity contribution in [2.75, 3.05) is 7.11 Å². The molecule has 1 rings (SSSR count). The maximum Gasteiger partial charge on any atom is 0.423 e.